The number of carbonyl (C=O) groups excluding carboxylic acids is 1. The van der Waals surface area contributed by atoms with Crippen LogP contribution in [0, 0.1) is 12.7 Å². The molecule has 2 N–H and O–H groups in total. The maximum atomic E-state index is 13.7. The van der Waals surface area contributed by atoms with Crippen molar-refractivity contribution in [2.45, 2.75) is 45.6 Å². The maximum Gasteiger partial charge on any atom is 0.270 e. The smallest absolute Gasteiger partial charge is 0.270 e. The van der Waals surface area contributed by atoms with Gasteiger partial charge in [0.25, 0.3) is 5.91 Å². The molecular formula is C21H25FN4O. The number of amides is 1. The monoisotopic (exact) mass is 368 g/mol. The van der Waals surface area contributed by atoms with Crippen molar-refractivity contribution in [3.63, 3.8) is 0 Å². The first kappa shape index (κ1) is 19.0. The van der Waals surface area contributed by atoms with E-state index in [1.54, 1.807) is 31.2 Å². The number of hydrogen-bond acceptors (Lipinski definition) is 4. The highest BCUT2D eigenvalue weighted by Gasteiger charge is 2.11. The zero-order valence-corrected chi connectivity index (χ0v) is 15.6. The first-order chi connectivity index (χ1) is 13.1. The number of carbonyl (C=O) groups is 1. The molecule has 1 aromatic heterocycles. The highest BCUT2D eigenvalue weighted by molar-refractivity contribution is 5.92. The largest absolute Gasteiger partial charge is 0.350 e. The lowest BCUT2D eigenvalue weighted by Gasteiger charge is -2.13. The number of allylic oxidation sites excluding steroid dienone is 1. The minimum Gasteiger partial charge on any atom is -0.350 e. The van der Waals surface area contributed by atoms with E-state index >= 15 is 0 Å². The minimum atomic E-state index is -0.285. The number of benzene rings is 1. The summed E-state index contributed by atoms with van der Waals surface area (Å²) < 4.78 is 13.7. The average Bonchev–Trinajstić information content (AvgIpc) is 2.68. The Morgan fingerprint density at radius 2 is 2.07 bits per heavy atom. The van der Waals surface area contributed by atoms with Gasteiger partial charge in [-0.25, -0.2) is 14.4 Å². The Kier molecular flexibility index (Phi) is 6.52. The molecule has 3 rings (SSSR count). The first-order valence-corrected chi connectivity index (χ1v) is 9.41. The van der Waals surface area contributed by atoms with Crippen LogP contribution in [0.15, 0.2) is 42.0 Å². The number of anilines is 1. The van der Waals surface area contributed by atoms with Gasteiger partial charge < -0.3 is 10.6 Å². The van der Waals surface area contributed by atoms with Gasteiger partial charge in [0.1, 0.15) is 11.5 Å². The van der Waals surface area contributed by atoms with Crippen LogP contribution in [0.4, 0.5) is 10.3 Å². The molecule has 0 fully saturated rings. The number of aromatic nitrogens is 2. The number of aryl methyl sites for hydroxylation is 1. The summed E-state index contributed by atoms with van der Waals surface area (Å²) in [6.45, 7) is 2.66. The Hall–Kier alpha value is -2.76. The van der Waals surface area contributed by atoms with Gasteiger partial charge in [0.15, 0.2) is 0 Å². The predicted molar refractivity (Wildman–Crippen MR) is 104 cm³/mol. The molecule has 2 aromatic rings. The normalized spacial score (nSPS) is 13.8. The fraction of sp³-hybridized carbons (Fsp3) is 0.381. The van der Waals surface area contributed by atoms with E-state index in [-0.39, 0.29) is 18.3 Å². The van der Waals surface area contributed by atoms with E-state index in [2.05, 4.69) is 26.7 Å². The molecule has 0 spiro atoms. The molecule has 27 heavy (non-hydrogen) atoms. The SMILES string of the molecule is Cc1cc(C(=O)NCCC2=CCCCC2)nc(NCc2ccccc2F)n1. The molecule has 1 amide bonds. The fourth-order valence-corrected chi connectivity index (χ4v) is 3.14. The highest BCUT2D eigenvalue weighted by Crippen LogP contribution is 2.19. The second kappa shape index (κ2) is 9.26. The second-order valence-electron chi connectivity index (χ2n) is 6.78. The van der Waals surface area contributed by atoms with Crippen molar-refractivity contribution in [1.29, 1.82) is 0 Å². The van der Waals surface area contributed by atoms with Gasteiger partial charge >= 0.3 is 0 Å². The molecule has 142 valence electrons. The number of halogens is 1. The molecule has 0 saturated carbocycles. The summed E-state index contributed by atoms with van der Waals surface area (Å²) in [6.07, 6.45) is 7.95. The Morgan fingerprint density at radius 3 is 2.85 bits per heavy atom. The fourth-order valence-electron chi connectivity index (χ4n) is 3.14. The van der Waals surface area contributed by atoms with Gasteiger partial charge in [0.2, 0.25) is 5.95 Å². The molecule has 1 aromatic carbocycles. The van der Waals surface area contributed by atoms with E-state index in [0.717, 1.165) is 19.3 Å². The molecular weight excluding hydrogens is 343 g/mol. The lowest BCUT2D eigenvalue weighted by atomic mass is 9.97. The maximum absolute atomic E-state index is 13.7. The zero-order chi connectivity index (χ0) is 19.1. The van der Waals surface area contributed by atoms with Crippen molar-refractivity contribution in [1.82, 2.24) is 15.3 Å². The van der Waals surface area contributed by atoms with E-state index in [1.807, 2.05) is 0 Å². The Labute approximate surface area is 159 Å². The summed E-state index contributed by atoms with van der Waals surface area (Å²) in [5.41, 5.74) is 2.94. The molecule has 1 heterocycles. The van der Waals surface area contributed by atoms with Gasteiger partial charge in [-0.15, -0.1) is 0 Å². The van der Waals surface area contributed by atoms with Crippen molar-refractivity contribution in [2.75, 3.05) is 11.9 Å². The molecule has 5 nitrogen and oxygen atoms in total. The van der Waals surface area contributed by atoms with Crippen molar-refractivity contribution in [2.24, 2.45) is 0 Å². The van der Waals surface area contributed by atoms with Crippen molar-refractivity contribution in [3.05, 3.63) is 64.7 Å². The summed E-state index contributed by atoms with van der Waals surface area (Å²) in [6, 6.07) is 8.19. The third-order valence-corrected chi connectivity index (χ3v) is 4.60. The summed E-state index contributed by atoms with van der Waals surface area (Å²) in [5.74, 6) is -0.183. The van der Waals surface area contributed by atoms with Crippen LogP contribution in [0.25, 0.3) is 0 Å². The molecule has 0 atom stereocenters. The van der Waals surface area contributed by atoms with Crippen molar-refractivity contribution < 1.29 is 9.18 Å². The van der Waals surface area contributed by atoms with Crippen LogP contribution in [0.3, 0.4) is 0 Å². The minimum absolute atomic E-state index is 0.217. The molecule has 6 heteroatoms. The van der Waals surface area contributed by atoms with Crippen LogP contribution >= 0.6 is 0 Å². The van der Waals surface area contributed by atoms with Crippen LogP contribution < -0.4 is 10.6 Å². The van der Waals surface area contributed by atoms with Gasteiger partial charge in [-0.2, -0.15) is 0 Å². The zero-order valence-electron chi connectivity index (χ0n) is 15.6. The standard InChI is InChI=1S/C21H25FN4O/c1-15-13-19(20(27)23-12-11-16-7-3-2-4-8-16)26-21(25-15)24-14-17-9-5-6-10-18(17)22/h5-7,9-10,13H,2-4,8,11-12,14H2,1H3,(H,23,27)(H,24,25,26). The van der Waals surface area contributed by atoms with Crippen molar-refractivity contribution >= 4 is 11.9 Å². The van der Waals surface area contributed by atoms with E-state index < -0.39 is 0 Å². The van der Waals surface area contributed by atoms with E-state index in [4.69, 9.17) is 0 Å². The molecule has 0 saturated heterocycles. The summed E-state index contributed by atoms with van der Waals surface area (Å²) in [4.78, 5) is 21.0. The van der Waals surface area contributed by atoms with E-state index in [1.165, 1.54) is 24.5 Å². The Bertz CT molecular complexity index is 835. The van der Waals surface area contributed by atoms with Crippen LogP contribution in [-0.4, -0.2) is 22.4 Å². The highest BCUT2D eigenvalue weighted by atomic mass is 19.1. The van der Waals surface area contributed by atoms with Crippen LogP contribution in [0.5, 0.6) is 0 Å². The molecule has 0 aliphatic heterocycles. The molecule has 0 unspecified atom stereocenters. The van der Waals surface area contributed by atoms with Crippen molar-refractivity contribution in [3.8, 4) is 0 Å². The summed E-state index contributed by atoms with van der Waals surface area (Å²) in [7, 11) is 0. The number of rotatable bonds is 7. The van der Waals surface area contributed by atoms with Gasteiger partial charge in [-0.3, -0.25) is 4.79 Å². The van der Waals surface area contributed by atoms with Crippen LogP contribution in [0.2, 0.25) is 0 Å². The summed E-state index contributed by atoms with van der Waals surface area (Å²) >= 11 is 0. The summed E-state index contributed by atoms with van der Waals surface area (Å²) in [5, 5.41) is 5.92. The Morgan fingerprint density at radius 1 is 1.22 bits per heavy atom. The van der Waals surface area contributed by atoms with Crippen LogP contribution in [0.1, 0.15) is 53.8 Å². The molecule has 1 aliphatic carbocycles. The average molecular weight is 368 g/mol. The third kappa shape index (κ3) is 5.61. The number of nitrogens with zero attached hydrogens (tertiary/aromatic N) is 2. The lowest BCUT2D eigenvalue weighted by Crippen LogP contribution is -2.26. The molecule has 1 aliphatic rings. The van der Waals surface area contributed by atoms with E-state index in [0.29, 0.717) is 29.4 Å². The number of nitrogens with one attached hydrogen (secondary N) is 2. The van der Waals surface area contributed by atoms with Gasteiger partial charge in [0.05, 0.1) is 0 Å². The van der Waals surface area contributed by atoms with Crippen LogP contribution in [-0.2, 0) is 6.54 Å². The topological polar surface area (TPSA) is 66.9 Å². The predicted octanol–water partition coefficient (Wildman–Crippen LogP) is 4.16. The third-order valence-electron chi connectivity index (χ3n) is 4.60. The molecule has 0 bridgehead atoms. The Balaban J connectivity index is 1.57. The lowest BCUT2D eigenvalue weighted by molar-refractivity contribution is 0.0949. The van der Waals surface area contributed by atoms with Gasteiger partial charge in [-0.05, 0) is 51.2 Å². The van der Waals surface area contributed by atoms with Gasteiger partial charge in [-0.1, -0.05) is 29.8 Å². The second-order valence-corrected chi connectivity index (χ2v) is 6.78. The first-order valence-electron chi connectivity index (χ1n) is 9.41. The molecule has 0 radical (unpaired) electrons. The number of hydrogen-bond donors (Lipinski definition) is 2. The quantitative estimate of drug-likeness (QED) is 0.720. The van der Waals surface area contributed by atoms with Gasteiger partial charge in [0, 0.05) is 24.3 Å². The van der Waals surface area contributed by atoms with E-state index in [9.17, 15) is 9.18 Å².